The Bertz CT molecular complexity index is 488. The van der Waals surface area contributed by atoms with Gasteiger partial charge in [0, 0.05) is 24.2 Å². The van der Waals surface area contributed by atoms with Crippen LogP contribution in [0.5, 0.6) is 0 Å². The fraction of sp³-hybridized carbons (Fsp3) is 0.714. The summed E-state index contributed by atoms with van der Waals surface area (Å²) in [7, 11) is 1.96. The average molecular weight is 245 g/mol. The number of hydrogen-bond acceptors (Lipinski definition) is 4. The maximum absolute atomic E-state index is 5.93. The number of nitrogens with one attached hydrogen (secondary N) is 1. The molecule has 4 heteroatoms. The van der Waals surface area contributed by atoms with E-state index in [9.17, 15) is 0 Å². The highest BCUT2D eigenvalue weighted by molar-refractivity contribution is 5.48. The Hall–Kier alpha value is -1.16. The molecule has 2 aliphatic heterocycles. The van der Waals surface area contributed by atoms with E-state index < -0.39 is 0 Å². The Morgan fingerprint density at radius 1 is 1.22 bits per heavy atom. The van der Waals surface area contributed by atoms with E-state index in [0.717, 1.165) is 30.9 Å². The first-order valence-corrected chi connectivity index (χ1v) is 7.08. The molecule has 1 aliphatic carbocycles. The maximum Gasteiger partial charge on any atom is 0.136 e. The first-order chi connectivity index (χ1) is 8.85. The number of aryl methyl sites for hydroxylation is 1. The van der Waals surface area contributed by atoms with E-state index in [1.54, 1.807) is 0 Å². The van der Waals surface area contributed by atoms with E-state index >= 15 is 0 Å². The maximum atomic E-state index is 5.93. The van der Waals surface area contributed by atoms with Gasteiger partial charge in [-0.05, 0) is 38.5 Å². The second kappa shape index (κ2) is 3.92. The van der Waals surface area contributed by atoms with Crippen molar-refractivity contribution in [2.24, 2.45) is 0 Å². The summed E-state index contributed by atoms with van der Waals surface area (Å²) in [5.74, 6) is 2.50. The first kappa shape index (κ1) is 10.7. The van der Waals surface area contributed by atoms with Crippen molar-refractivity contribution in [2.45, 2.75) is 56.7 Å². The smallest absolute Gasteiger partial charge is 0.136 e. The van der Waals surface area contributed by atoms with Crippen LogP contribution >= 0.6 is 0 Å². The molecule has 0 aromatic carbocycles. The van der Waals surface area contributed by atoms with Crippen LogP contribution in [0.25, 0.3) is 0 Å². The van der Waals surface area contributed by atoms with Crippen molar-refractivity contribution in [1.82, 2.24) is 9.97 Å². The van der Waals surface area contributed by atoms with Crippen molar-refractivity contribution < 1.29 is 4.74 Å². The summed E-state index contributed by atoms with van der Waals surface area (Å²) in [6.45, 7) is 0. The van der Waals surface area contributed by atoms with E-state index in [1.807, 2.05) is 7.05 Å². The lowest BCUT2D eigenvalue weighted by molar-refractivity contribution is 0.0998. The van der Waals surface area contributed by atoms with Gasteiger partial charge < -0.3 is 10.1 Å². The van der Waals surface area contributed by atoms with Crippen LogP contribution in [-0.4, -0.2) is 29.2 Å². The van der Waals surface area contributed by atoms with Crippen molar-refractivity contribution >= 4 is 5.82 Å². The van der Waals surface area contributed by atoms with Gasteiger partial charge in [0.2, 0.25) is 0 Å². The molecule has 0 spiro atoms. The number of anilines is 1. The molecule has 0 saturated carbocycles. The predicted octanol–water partition coefficient (Wildman–Crippen LogP) is 2.04. The molecule has 2 fully saturated rings. The normalized spacial score (nSPS) is 32.8. The third kappa shape index (κ3) is 1.48. The highest BCUT2D eigenvalue weighted by Gasteiger charge is 2.43. The molecule has 0 amide bonds. The van der Waals surface area contributed by atoms with Gasteiger partial charge in [0.25, 0.3) is 0 Å². The first-order valence-electron chi connectivity index (χ1n) is 7.08. The van der Waals surface area contributed by atoms with Gasteiger partial charge in [-0.25, -0.2) is 9.97 Å². The quantitative estimate of drug-likeness (QED) is 0.866. The largest absolute Gasteiger partial charge is 0.374 e. The summed E-state index contributed by atoms with van der Waals surface area (Å²) in [6.07, 6.45) is 7.83. The van der Waals surface area contributed by atoms with Crippen molar-refractivity contribution in [3.63, 3.8) is 0 Å². The molecule has 3 atom stereocenters. The minimum Gasteiger partial charge on any atom is -0.374 e. The summed E-state index contributed by atoms with van der Waals surface area (Å²) >= 11 is 0. The molecule has 0 radical (unpaired) electrons. The molecule has 4 nitrogen and oxygen atoms in total. The average Bonchev–Trinajstić information content (AvgIpc) is 3.12. The summed E-state index contributed by atoms with van der Waals surface area (Å²) in [6, 6.07) is 0. The summed E-state index contributed by atoms with van der Waals surface area (Å²) in [5, 5.41) is 3.24. The molecule has 1 N–H and O–H groups in total. The van der Waals surface area contributed by atoms with Crippen LogP contribution in [0.1, 0.15) is 48.7 Å². The molecule has 96 valence electrons. The highest BCUT2D eigenvalue weighted by Crippen LogP contribution is 2.44. The highest BCUT2D eigenvalue weighted by atomic mass is 16.5. The van der Waals surface area contributed by atoms with Crippen molar-refractivity contribution in [3.05, 3.63) is 17.1 Å². The lowest BCUT2D eigenvalue weighted by atomic mass is 9.88. The fourth-order valence-corrected chi connectivity index (χ4v) is 3.73. The molecule has 3 unspecified atom stereocenters. The standard InChI is InChI=1S/C14H19N3O/c1-15-13-9-3-2-4-11(9)16-14(17-13)10-7-8-5-6-12(10)18-8/h8,10,12H,2-7H2,1H3,(H,15,16,17). The Kier molecular flexibility index (Phi) is 2.34. The Morgan fingerprint density at radius 3 is 2.89 bits per heavy atom. The van der Waals surface area contributed by atoms with E-state index in [-0.39, 0.29) is 0 Å². The van der Waals surface area contributed by atoms with Gasteiger partial charge in [0.1, 0.15) is 11.6 Å². The van der Waals surface area contributed by atoms with E-state index in [1.165, 1.54) is 30.5 Å². The van der Waals surface area contributed by atoms with Crippen molar-refractivity contribution in [1.29, 1.82) is 0 Å². The molecule has 4 rings (SSSR count). The lowest BCUT2D eigenvalue weighted by Crippen LogP contribution is -2.18. The van der Waals surface area contributed by atoms with Crippen LogP contribution in [0.4, 0.5) is 5.82 Å². The zero-order chi connectivity index (χ0) is 12.1. The number of aromatic nitrogens is 2. The van der Waals surface area contributed by atoms with Crippen LogP contribution in [0, 0.1) is 0 Å². The molecule has 3 heterocycles. The van der Waals surface area contributed by atoms with Gasteiger partial charge in [0.15, 0.2) is 0 Å². The molecule has 1 aromatic rings. The predicted molar refractivity (Wildman–Crippen MR) is 68.9 cm³/mol. The Morgan fingerprint density at radius 2 is 2.17 bits per heavy atom. The zero-order valence-corrected chi connectivity index (χ0v) is 10.8. The Labute approximate surface area is 107 Å². The second-order valence-electron chi connectivity index (χ2n) is 5.68. The molecule has 18 heavy (non-hydrogen) atoms. The fourth-order valence-electron chi connectivity index (χ4n) is 3.73. The number of ether oxygens (including phenoxy) is 1. The van der Waals surface area contributed by atoms with Gasteiger partial charge in [-0.2, -0.15) is 0 Å². The van der Waals surface area contributed by atoms with Crippen LogP contribution < -0.4 is 5.32 Å². The number of fused-ring (bicyclic) bond motifs is 3. The zero-order valence-electron chi connectivity index (χ0n) is 10.8. The van der Waals surface area contributed by atoms with Gasteiger partial charge in [-0.1, -0.05) is 0 Å². The van der Waals surface area contributed by atoms with Crippen LogP contribution in [0.3, 0.4) is 0 Å². The van der Waals surface area contributed by atoms with E-state index in [0.29, 0.717) is 18.1 Å². The number of nitrogens with zero attached hydrogens (tertiary/aromatic N) is 2. The third-order valence-electron chi connectivity index (χ3n) is 4.62. The minimum atomic E-state index is 0.374. The minimum absolute atomic E-state index is 0.374. The third-order valence-corrected chi connectivity index (χ3v) is 4.62. The summed E-state index contributed by atoms with van der Waals surface area (Å²) < 4.78 is 5.93. The van der Waals surface area contributed by atoms with Crippen molar-refractivity contribution in [2.75, 3.05) is 12.4 Å². The molecule has 2 bridgehead atoms. The SMILES string of the molecule is CNc1nc(C2CC3CCC2O3)nc2c1CCC2. The molecular formula is C14H19N3O. The van der Waals surface area contributed by atoms with E-state index in [4.69, 9.17) is 14.7 Å². The van der Waals surface area contributed by atoms with Crippen LogP contribution in [0.15, 0.2) is 0 Å². The van der Waals surface area contributed by atoms with Crippen LogP contribution in [0.2, 0.25) is 0 Å². The van der Waals surface area contributed by atoms with E-state index in [2.05, 4.69) is 5.32 Å². The van der Waals surface area contributed by atoms with Gasteiger partial charge in [0.05, 0.1) is 12.2 Å². The Balaban J connectivity index is 1.73. The topological polar surface area (TPSA) is 47.0 Å². The van der Waals surface area contributed by atoms with Gasteiger partial charge >= 0.3 is 0 Å². The summed E-state index contributed by atoms with van der Waals surface area (Å²) in [4.78, 5) is 9.59. The number of rotatable bonds is 2. The monoisotopic (exact) mass is 245 g/mol. The molecule has 1 aromatic heterocycles. The lowest BCUT2D eigenvalue weighted by Gasteiger charge is -2.19. The number of hydrogen-bond donors (Lipinski definition) is 1. The molecular weight excluding hydrogens is 226 g/mol. The van der Waals surface area contributed by atoms with Crippen LogP contribution in [-0.2, 0) is 17.6 Å². The molecule has 2 saturated heterocycles. The van der Waals surface area contributed by atoms with Crippen molar-refractivity contribution in [3.8, 4) is 0 Å². The second-order valence-corrected chi connectivity index (χ2v) is 5.68. The van der Waals surface area contributed by atoms with Gasteiger partial charge in [-0.3, -0.25) is 0 Å². The molecule has 3 aliphatic rings. The summed E-state index contributed by atoms with van der Waals surface area (Å²) in [5.41, 5.74) is 2.61. The van der Waals surface area contributed by atoms with Gasteiger partial charge in [-0.15, -0.1) is 0 Å².